The van der Waals surface area contributed by atoms with Gasteiger partial charge in [-0.1, -0.05) is 68.4 Å². The molecule has 0 radical (unpaired) electrons. The smallest absolute Gasteiger partial charge is 0.234 e. The Bertz CT molecular complexity index is 1690. The Hall–Kier alpha value is -3.98. The van der Waals surface area contributed by atoms with E-state index in [1.165, 1.54) is 49.3 Å². The van der Waals surface area contributed by atoms with Crippen molar-refractivity contribution in [3.63, 3.8) is 0 Å². The Morgan fingerprint density at radius 3 is 2.22 bits per heavy atom. The Morgan fingerprint density at radius 2 is 1.41 bits per heavy atom. The number of para-hydroxylation sites is 1. The first-order valence-corrected chi connectivity index (χ1v) is 11.0. The van der Waals surface area contributed by atoms with Crippen molar-refractivity contribution in [3.05, 3.63) is 102 Å². The third kappa shape index (κ3) is 2.15. The Morgan fingerprint density at radius 1 is 0.688 bits per heavy atom. The summed E-state index contributed by atoms with van der Waals surface area (Å²) in [5, 5.41) is 5.05. The van der Waals surface area contributed by atoms with Crippen LogP contribution in [0.1, 0.15) is 25.0 Å². The van der Waals surface area contributed by atoms with Gasteiger partial charge in [-0.05, 0) is 57.3 Å². The fraction of sp³-hybridized carbons (Fsp3) is 0.103. The number of rotatable bonds is 1. The van der Waals surface area contributed by atoms with Gasteiger partial charge in [0, 0.05) is 28.6 Å². The molecule has 0 N–H and O–H groups in total. The molecule has 3 heteroatoms. The van der Waals surface area contributed by atoms with E-state index >= 15 is 0 Å². The summed E-state index contributed by atoms with van der Waals surface area (Å²) in [5.74, 6) is 0.712. The van der Waals surface area contributed by atoms with Crippen LogP contribution in [0.25, 0.3) is 49.7 Å². The minimum atomic E-state index is -0.144. The van der Waals surface area contributed by atoms with Gasteiger partial charge in [0.05, 0.1) is 11.0 Å². The zero-order chi connectivity index (χ0) is 21.4. The molecule has 7 rings (SSSR count). The molecule has 3 nitrogen and oxygen atoms in total. The summed E-state index contributed by atoms with van der Waals surface area (Å²) < 4.78 is 2.25. The molecular formula is C29H21N3. The van der Waals surface area contributed by atoms with Crippen LogP contribution in [0.15, 0.2) is 91.3 Å². The van der Waals surface area contributed by atoms with Crippen LogP contribution in [0.5, 0.6) is 0 Å². The van der Waals surface area contributed by atoms with E-state index in [-0.39, 0.29) is 5.41 Å². The molecule has 0 amide bonds. The van der Waals surface area contributed by atoms with E-state index in [2.05, 4.69) is 101 Å². The normalized spacial score (nSPS) is 14.2. The highest BCUT2D eigenvalue weighted by molar-refractivity contribution is 6.13. The molecule has 0 fully saturated rings. The summed E-state index contributed by atoms with van der Waals surface area (Å²) in [7, 11) is 0. The summed E-state index contributed by atoms with van der Waals surface area (Å²) in [6.07, 6.45) is 3.64. The molecule has 1 aliphatic carbocycles. The number of nitrogens with zero attached hydrogens (tertiary/aromatic N) is 3. The third-order valence-corrected chi connectivity index (χ3v) is 7.06. The molecule has 0 bridgehead atoms. The highest BCUT2D eigenvalue weighted by atomic mass is 15.1. The molecular weight excluding hydrogens is 390 g/mol. The first-order valence-electron chi connectivity index (χ1n) is 11.0. The molecule has 32 heavy (non-hydrogen) atoms. The van der Waals surface area contributed by atoms with Crippen molar-refractivity contribution < 1.29 is 0 Å². The average molecular weight is 412 g/mol. The molecule has 0 atom stereocenters. The minimum absolute atomic E-state index is 0.144. The number of fused-ring (bicyclic) bond motifs is 8. The fourth-order valence-electron chi connectivity index (χ4n) is 5.64. The van der Waals surface area contributed by atoms with Crippen molar-refractivity contribution in [2.24, 2.45) is 0 Å². The third-order valence-electron chi connectivity index (χ3n) is 7.06. The second-order valence-corrected chi connectivity index (χ2v) is 9.16. The van der Waals surface area contributed by atoms with Crippen molar-refractivity contribution in [1.82, 2.24) is 14.5 Å². The van der Waals surface area contributed by atoms with Gasteiger partial charge in [-0.25, -0.2) is 9.97 Å². The molecule has 0 unspecified atom stereocenters. The Kier molecular flexibility index (Phi) is 3.34. The zero-order valence-electron chi connectivity index (χ0n) is 18.0. The quantitative estimate of drug-likeness (QED) is 0.291. The number of aromatic nitrogens is 3. The lowest BCUT2D eigenvalue weighted by Gasteiger charge is -2.23. The standard InChI is InChI=1S/C29H21N3/c1-29(2)24-17-19-9-4-3-8-18(19)16-23(24)21-12-13-22-20-10-5-6-11-25(20)32(27(22)26(21)29)28-30-14-7-15-31-28/h3-17H,1-2H3. The summed E-state index contributed by atoms with van der Waals surface area (Å²) in [6, 6.07) is 28.4. The largest absolute Gasteiger partial charge is 0.278 e. The van der Waals surface area contributed by atoms with Crippen molar-refractivity contribution in [1.29, 1.82) is 0 Å². The molecule has 0 spiro atoms. The molecule has 1 aliphatic rings. The predicted octanol–water partition coefficient (Wildman–Crippen LogP) is 7.03. The van der Waals surface area contributed by atoms with Crippen molar-refractivity contribution in [2.75, 3.05) is 0 Å². The lowest BCUT2D eigenvalue weighted by Crippen LogP contribution is -2.17. The van der Waals surface area contributed by atoms with Crippen molar-refractivity contribution >= 4 is 32.6 Å². The summed E-state index contributed by atoms with van der Waals surface area (Å²) in [4.78, 5) is 9.28. The van der Waals surface area contributed by atoms with Crippen LogP contribution in [0, 0.1) is 0 Å². The van der Waals surface area contributed by atoms with Gasteiger partial charge in [0.25, 0.3) is 0 Å². The van der Waals surface area contributed by atoms with Gasteiger partial charge in [-0.3, -0.25) is 4.57 Å². The van der Waals surface area contributed by atoms with Crippen molar-refractivity contribution in [3.8, 4) is 17.1 Å². The maximum Gasteiger partial charge on any atom is 0.234 e. The van der Waals surface area contributed by atoms with Crippen LogP contribution in [0.2, 0.25) is 0 Å². The molecule has 4 aromatic carbocycles. The molecule has 6 aromatic rings. The van der Waals surface area contributed by atoms with E-state index in [0.717, 1.165) is 5.52 Å². The monoisotopic (exact) mass is 411 g/mol. The summed E-state index contributed by atoms with van der Waals surface area (Å²) in [5.41, 5.74) is 7.57. The van der Waals surface area contributed by atoms with E-state index in [1.807, 2.05) is 18.5 Å². The van der Waals surface area contributed by atoms with Crippen LogP contribution in [-0.2, 0) is 5.41 Å². The maximum atomic E-state index is 4.64. The van der Waals surface area contributed by atoms with Gasteiger partial charge in [-0.15, -0.1) is 0 Å². The lowest BCUT2D eigenvalue weighted by molar-refractivity contribution is 0.664. The molecule has 2 aromatic heterocycles. The highest BCUT2D eigenvalue weighted by Gasteiger charge is 2.39. The maximum absolute atomic E-state index is 4.64. The second kappa shape index (κ2) is 6.04. The van der Waals surface area contributed by atoms with Gasteiger partial charge >= 0.3 is 0 Å². The van der Waals surface area contributed by atoms with Gasteiger partial charge in [0.1, 0.15) is 0 Å². The van der Waals surface area contributed by atoms with E-state index in [9.17, 15) is 0 Å². The Labute approximate surface area is 186 Å². The zero-order valence-corrected chi connectivity index (χ0v) is 18.0. The van der Waals surface area contributed by atoms with Crippen LogP contribution in [0.3, 0.4) is 0 Å². The van der Waals surface area contributed by atoms with Crippen LogP contribution < -0.4 is 0 Å². The number of hydrogen-bond acceptors (Lipinski definition) is 2. The van der Waals surface area contributed by atoms with Gasteiger partial charge < -0.3 is 0 Å². The second-order valence-electron chi connectivity index (χ2n) is 9.16. The highest BCUT2D eigenvalue weighted by Crippen LogP contribution is 2.53. The van der Waals surface area contributed by atoms with E-state index in [1.54, 1.807) is 0 Å². The van der Waals surface area contributed by atoms with Gasteiger partial charge in [0.15, 0.2) is 0 Å². The molecule has 0 saturated heterocycles. The van der Waals surface area contributed by atoms with Gasteiger partial charge in [-0.2, -0.15) is 0 Å². The molecule has 0 saturated carbocycles. The van der Waals surface area contributed by atoms with Crippen LogP contribution >= 0.6 is 0 Å². The van der Waals surface area contributed by atoms with E-state index in [0.29, 0.717) is 5.95 Å². The summed E-state index contributed by atoms with van der Waals surface area (Å²) >= 11 is 0. The van der Waals surface area contributed by atoms with E-state index < -0.39 is 0 Å². The number of hydrogen-bond donors (Lipinski definition) is 0. The van der Waals surface area contributed by atoms with Crippen LogP contribution in [-0.4, -0.2) is 14.5 Å². The average Bonchev–Trinajstić information content (AvgIpc) is 3.28. The SMILES string of the molecule is CC1(C)c2cc3ccccc3cc2-c2ccc3c4ccccc4n(-c4ncccn4)c3c21. The van der Waals surface area contributed by atoms with Crippen molar-refractivity contribution in [2.45, 2.75) is 19.3 Å². The molecule has 2 heterocycles. The fourth-order valence-corrected chi connectivity index (χ4v) is 5.64. The summed E-state index contributed by atoms with van der Waals surface area (Å²) in [6.45, 7) is 4.69. The van der Waals surface area contributed by atoms with Gasteiger partial charge in [0.2, 0.25) is 5.95 Å². The first-order chi connectivity index (χ1) is 15.6. The van der Waals surface area contributed by atoms with E-state index in [4.69, 9.17) is 0 Å². The predicted molar refractivity (Wildman–Crippen MR) is 131 cm³/mol. The Balaban J connectivity index is 1.68. The number of benzene rings is 4. The topological polar surface area (TPSA) is 30.7 Å². The molecule has 152 valence electrons. The van der Waals surface area contributed by atoms with Crippen LogP contribution in [0.4, 0.5) is 0 Å². The minimum Gasteiger partial charge on any atom is -0.278 e. The molecule has 0 aliphatic heterocycles. The lowest BCUT2D eigenvalue weighted by atomic mass is 9.81. The first kappa shape index (κ1) is 17.7.